The number of ether oxygens (including phenoxy) is 1. The van der Waals surface area contributed by atoms with Crippen LogP contribution in [0, 0.1) is 10.1 Å². The number of benzene rings is 1. The van der Waals surface area contributed by atoms with Crippen molar-refractivity contribution in [3.8, 4) is 0 Å². The molecule has 3 aliphatic rings. The Morgan fingerprint density at radius 3 is 2.74 bits per heavy atom. The fourth-order valence-corrected chi connectivity index (χ4v) is 4.30. The summed E-state index contributed by atoms with van der Waals surface area (Å²) in [6.45, 7) is 3.71. The molecule has 1 aromatic carbocycles. The summed E-state index contributed by atoms with van der Waals surface area (Å²) < 4.78 is 6.44. The highest BCUT2D eigenvalue weighted by Gasteiger charge is 2.59. The molecule has 0 bridgehead atoms. The Labute approximate surface area is 156 Å². The molecule has 1 aromatic rings. The fourth-order valence-electron chi connectivity index (χ4n) is 4.30. The summed E-state index contributed by atoms with van der Waals surface area (Å²) >= 11 is 0. The number of carboxylic acid groups (broad SMARTS) is 1. The molecular weight excluding hydrogens is 348 g/mol. The number of carbonyl (C=O) groups is 1. The van der Waals surface area contributed by atoms with Gasteiger partial charge in [-0.1, -0.05) is 18.2 Å². The lowest BCUT2D eigenvalue weighted by molar-refractivity contribution is -0.428. The monoisotopic (exact) mass is 367 g/mol. The molecule has 0 fully saturated rings. The Kier molecular flexibility index (Phi) is 3.66. The number of para-hydroxylation sites is 1. The predicted molar refractivity (Wildman–Crippen MR) is 96.1 cm³/mol. The molecule has 4 rings (SSSR count). The van der Waals surface area contributed by atoms with Gasteiger partial charge in [-0.3, -0.25) is 10.1 Å². The number of hydrogen-bond donors (Lipinski definition) is 0. The first-order chi connectivity index (χ1) is 12.8. The normalized spacial score (nSPS) is 25.0. The molecule has 1 spiro atoms. The van der Waals surface area contributed by atoms with Crippen molar-refractivity contribution in [2.45, 2.75) is 37.8 Å². The van der Waals surface area contributed by atoms with Gasteiger partial charge in [0.15, 0.2) is 0 Å². The molecule has 140 valence electrons. The van der Waals surface area contributed by atoms with Gasteiger partial charge in [-0.25, -0.2) is 0 Å². The first-order valence-electron chi connectivity index (χ1n) is 8.79. The lowest BCUT2D eigenvalue weighted by Crippen LogP contribution is -2.59. The number of allylic oxidation sites excluding steroid dienone is 5. The highest BCUT2D eigenvalue weighted by atomic mass is 16.6. The van der Waals surface area contributed by atoms with Crippen LogP contribution in [0.1, 0.15) is 32.3 Å². The van der Waals surface area contributed by atoms with Crippen molar-refractivity contribution >= 4 is 11.7 Å². The first-order valence-corrected chi connectivity index (χ1v) is 8.79. The van der Waals surface area contributed by atoms with Crippen molar-refractivity contribution in [3.05, 3.63) is 75.2 Å². The van der Waals surface area contributed by atoms with E-state index in [1.165, 1.54) is 6.08 Å². The SMILES string of the molecule is CC1(C)c2ccccc2N(CC(=O)[O-])C12C=CC1=C(CCC([N+](=O)[O-])=C1)O2. The second kappa shape index (κ2) is 5.70. The van der Waals surface area contributed by atoms with E-state index in [9.17, 15) is 20.0 Å². The van der Waals surface area contributed by atoms with Crippen LogP contribution in [0.3, 0.4) is 0 Å². The van der Waals surface area contributed by atoms with Gasteiger partial charge in [0.05, 0.1) is 22.9 Å². The van der Waals surface area contributed by atoms with Gasteiger partial charge in [-0.2, -0.15) is 0 Å². The Morgan fingerprint density at radius 2 is 2.04 bits per heavy atom. The van der Waals surface area contributed by atoms with Crippen LogP contribution in [0.25, 0.3) is 0 Å². The Balaban J connectivity index is 1.82. The molecule has 7 heteroatoms. The number of anilines is 1. The van der Waals surface area contributed by atoms with Crippen LogP contribution in [0.15, 0.2) is 59.5 Å². The molecule has 0 saturated heterocycles. The Hall–Kier alpha value is -3.09. The number of fused-ring (bicyclic) bond motifs is 1. The van der Waals surface area contributed by atoms with E-state index in [4.69, 9.17) is 4.74 Å². The molecule has 1 aliphatic carbocycles. The standard InChI is InChI=1S/C20H20N2O5/c1-19(2)15-5-3-4-6-16(15)21(12-18(23)24)20(19)10-9-13-11-14(22(25)26)7-8-17(13)27-20/h3-6,9-11H,7-8,12H2,1-2H3,(H,23,24)/p-1. The summed E-state index contributed by atoms with van der Waals surface area (Å²) in [6.07, 6.45) is 5.83. The zero-order valence-electron chi connectivity index (χ0n) is 15.1. The number of carboxylic acids is 1. The number of nitrogens with zero attached hydrogens (tertiary/aromatic N) is 2. The second-order valence-electron chi connectivity index (χ2n) is 7.50. The molecule has 0 saturated carbocycles. The van der Waals surface area contributed by atoms with Gasteiger partial charge in [0.1, 0.15) is 5.76 Å². The van der Waals surface area contributed by atoms with Crippen molar-refractivity contribution < 1.29 is 19.6 Å². The number of nitro groups is 1. The third kappa shape index (κ3) is 2.38. The largest absolute Gasteiger partial charge is 0.548 e. The van der Waals surface area contributed by atoms with Gasteiger partial charge < -0.3 is 19.5 Å². The molecule has 0 N–H and O–H groups in total. The minimum Gasteiger partial charge on any atom is -0.548 e. The zero-order chi connectivity index (χ0) is 19.4. The summed E-state index contributed by atoms with van der Waals surface area (Å²) in [5.74, 6) is -0.551. The minimum absolute atomic E-state index is 0.151. The topological polar surface area (TPSA) is 95.7 Å². The highest BCUT2D eigenvalue weighted by Crippen LogP contribution is 2.55. The maximum Gasteiger partial charge on any atom is 0.247 e. The summed E-state index contributed by atoms with van der Waals surface area (Å²) in [6, 6.07) is 7.63. The first kappa shape index (κ1) is 17.3. The van der Waals surface area contributed by atoms with E-state index in [-0.39, 0.29) is 23.6 Å². The highest BCUT2D eigenvalue weighted by molar-refractivity contribution is 5.77. The van der Waals surface area contributed by atoms with E-state index in [0.717, 1.165) is 11.3 Å². The molecule has 0 radical (unpaired) electrons. The van der Waals surface area contributed by atoms with Gasteiger partial charge in [0.25, 0.3) is 0 Å². The average molecular weight is 367 g/mol. The summed E-state index contributed by atoms with van der Waals surface area (Å²) in [5.41, 5.74) is 1.02. The maximum atomic E-state index is 11.5. The molecule has 2 heterocycles. The Morgan fingerprint density at radius 1 is 1.30 bits per heavy atom. The van der Waals surface area contributed by atoms with Crippen LogP contribution in [-0.2, 0) is 14.9 Å². The van der Waals surface area contributed by atoms with Crippen LogP contribution < -0.4 is 10.0 Å². The third-order valence-electron chi connectivity index (χ3n) is 5.71. The van der Waals surface area contributed by atoms with Crippen molar-refractivity contribution in [2.24, 2.45) is 0 Å². The van der Waals surface area contributed by atoms with E-state index in [0.29, 0.717) is 17.8 Å². The average Bonchev–Trinajstić information content (AvgIpc) is 2.80. The molecule has 7 nitrogen and oxygen atoms in total. The fraction of sp³-hybridized carbons (Fsp3) is 0.350. The molecule has 1 atom stereocenters. The van der Waals surface area contributed by atoms with E-state index >= 15 is 0 Å². The van der Waals surface area contributed by atoms with Gasteiger partial charge >= 0.3 is 0 Å². The number of carbonyl (C=O) groups excluding carboxylic acids is 1. The number of rotatable bonds is 3. The van der Waals surface area contributed by atoms with E-state index in [1.807, 2.05) is 44.2 Å². The lowest BCUT2D eigenvalue weighted by Gasteiger charge is -2.48. The van der Waals surface area contributed by atoms with Gasteiger partial charge in [-0.05, 0) is 37.6 Å². The van der Waals surface area contributed by atoms with Crippen LogP contribution in [0.4, 0.5) is 5.69 Å². The second-order valence-corrected chi connectivity index (χ2v) is 7.50. The Bertz CT molecular complexity index is 943. The quantitative estimate of drug-likeness (QED) is 0.599. The summed E-state index contributed by atoms with van der Waals surface area (Å²) in [7, 11) is 0. The van der Waals surface area contributed by atoms with Crippen LogP contribution in [0.5, 0.6) is 0 Å². The molecule has 2 aliphatic heterocycles. The number of aliphatic carboxylic acids is 1. The van der Waals surface area contributed by atoms with Gasteiger partial charge in [-0.15, -0.1) is 0 Å². The molecular formula is C20H19N2O5-. The zero-order valence-corrected chi connectivity index (χ0v) is 15.1. The van der Waals surface area contributed by atoms with Gasteiger partial charge in [0, 0.05) is 30.2 Å². The smallest absolute Gasteiger partial charge is 0.247 e. The third-order valence-corrected chi connectivity index (χ3v) is 5.71. The van der Waals surface area contributed by atoms with E-state index < -0.39 is 17.1 Å². The lowest BCUT2D eigenvalue weighted by atomic mass is 9.76. The molecule has 27 heavy (non-hydrogen) atoms. The maximum absolute atomic E-state index is 11.5. The van der Waals surface area contributed by atoms with Crippen molar-refractivity contribution in [1.29, 1.82) is 0 Å². The molecule has 0 amide bonds. The van der Waals surface area contributed by atoms with Crippen LogP contribution in [0.2, 0.25) is 0 Å². The van der Waals surface area contributed by atoms with Crippen molar-refractivity contribution in [2.75, 3.05) is 11.4 Å². The summed E-state index contributed by atoms with van der Waals surface area (Å²) in [4.78, 5) is 23.9. The van der Waals surface area contributed by atoms with E-state index in [1.54, 1.807) is 11.0 Å². The van der Waals surface area contributed by atoms with Gasteiger partial charge in [0.2, 0.25) is 11.4 Å². The van der Waals surface area contributed by atoms with Crippen molar-refractivity contribution in [3.63, 3.8) is 0 Å². The number of hydrogen-bond acceptors (Lipinski definition) is 6. The van der Waals surface area contributed by atoms with Crippen LogP contribution >= 0.6 is 0 Å². The van der Waals surface area contributed by atoms with E-state index in [2.05, 4.69) is 0 Å². The van der Waals surface area contributed by atoms with Crippen LogP contribution in [-0.4, -0.2) is 23.2 Å². The minimum atomic E-state index is -1.20. The molecule has 1 unspecified atom stereocenters. The van der Waals surface area contributed by atoms with Crippen molar-refractivity contribution in [1.82, 2.24) is 0 Å². The molecule has 0 aromatic heterocycles. The summed E-state index contributed by atoms with van der Waals surface area (Å²) in [5, 5.41) is 22.5. The predicted octanol–water partition coefficient (Wildman–Crippen LogP) is 2.03.